The van der Waals surface area contributed by atoms with Gasteiger partial charge in [-0.25, -0.2) is 4.79 Å². The lowest BCUT2D eigenvalue weighted by molar-refractivity contribution is -0.139. The van der Waals surface area contributed by atoms with Crippen LogP contribution in [0.1, 0.15) is 19.3 Å². The van der Waals surface area contributed by atoms with Crippen molar-refractivity contribution in [3.8, 4) is 0 Å². The van der Waals surface area contributed by atoms with Crippen molar-refractivity contribution in [3.05, 3.63) is 12.7 Å². The predicted octanol–water partition coefficient (Wildman–Crippen LogP) is -0.883. The fraction of sp³-hybridized carbons (Fsp3) is 0.556. The molecule has 0 bridgehead atoms. The SMILES string of the molecule is C=CC(=O)ON.NCCCC[C@H](N)C(=O)O. The Kier molecular flexibility index (Phi) is 12.3. The molecule has 16 heavy (non-hydrogen) atoms. The van der Waals surface area contributed by atoms with Gasteiger partial charge in [-0.3, -0.25) is 4.79 Å². The van der Waals surface area contributed by atoms with Crippen molar-refractivity contribution >= 4 is 11.9 Å². The lowest BCUT2D eigenvalue weighted by Gasteiger charge is -2.03. The van der Waals surface area contributed by atoms with Crippen LogP contribution in [0, 0.1) is 0 Å². The van der Waals surface area contributed by atoms with Crippen molar-refractivity contribution < 1.29 is 19.5 Å². The number of carboxylic acid groups (broad SMARTS) is 1. The van der Waals surface area contributed by atoms with E-state index in [1.54, 1.807) is 0 Å². The Labute approximate surface area is 94.2 Å². The van der Waals surface area contributed by atoms with E-state index in [0.29, 0.717) is 13.0 Å². The summed E-state index contributed by atoms with van der Waals surface area (Å²) in [6.07, 6.45) is 3.15. The molecule has 1 atom stereocenters. The van der Waals surface area contributed by atoms with E-state index in [9.17, 15) is 9.59 Å². The molecule has 0 spiro atoms. The highest BCUT2D eigenvalue weighted by Crippen LogP contribution is 1.96. The summed E-state index contributed by atoms with van der Waals surface area (Å²) >= 11 is 0. The molecule has 0 aliphatic rings. The zero-order valence-corrected chi connectivity index (χ0v) is 9.09. The molecule has 0 saturated carbocycles. The fourth-order valence-electron chi connectivity index (χ4n) is 0.680. The Morgan fingerprint density at radius 1 is 1.44 bits per heavy atom. The van der Waals surface area contributed by atoms with Gasteiger partial charge in [-0.05, 0) is 19.4 Å². The van der Waals surface area contributed by atoms with Gasteiger partial charge >= 0.3 is 11.9 Å². The molecule has 7 nitrogen and oxygen atoms in total. The summed E-state index contributed by atoms with van der Waals surface area (Å²) in [6.45, 7) is 3.68. The van der Waals surface area contributed by atoms with Crippen LogP contribution in [0.25, 0.3) is 0 Å². The van der Waals surface area contributed by atoms with E-state index in [1.807, 2.05) is 0 Å². The van der Waals surface area contributed by atoms with Crippen LogP contribution in [0.5, 0.6) is 0 Å². The molecular weight excluding hydrogens is 214 g/mol. The average molecular weight is 233 g/mol. The summed E-state index contributed by atoms with van der Waals surface area (Å²) in [6, 6.07) is -0.716. The van der Waals surface area contributed by atoms with E-state index in [0.717, 1.165) is 18.9 Å². The summed E-state index contributed by atoms with van der Waals surface area (Å²) in [7, 11) is 0. The number of carbonyl (C=O) groups is 2. The highest BCUT2D eigenvalue weighted by molar-refractivity contribution is 5.80. The topological polar surface area (TPSA) is 142 Å². The number of carboxylic acids is 1. The zero-order chi connectivity index (χ0) is 13.0. The summed E-state index contributed by atoms with van der Waals surface area (Å²) in [4.78, 5) is 23.5. The van der Waals surface area contributed by atoms with Crippen molar-refractivity contribution in [2.24, 2.45) is 17.4 Å². The van der Waals surface area contributed by atoms with Crippen LogP contribution in [-0.2, 0) is 14.4 Å². The number of carbonyl (C=O) groups excluding carboxylic acids is 1. The first kappa shape index (κ1) is 17.0. The normalized spacial score (nSPS) is 10.7. The Morgan fingerprint density at radius 3 is 2.25 bits per heavy atom. The molecule has 0 fully saturated rings. The van der Waals surface area contributed by atoms with Gasteiger partial charge in [-0.2, -0.15) is 5.90 Å². The molecule has 0 aliphatic heterocycles. The largest absolute Gasteiger partial charge is 0.480 e. The molecule has 0 heterocycles. The molecular formula is C9H19N3O4. The van der Waals surface area contributed by atoms with Gasteiger partial charge in [0.25, 0.3) is 0 Å². The second-order valence-electron chi connectivity index (χ2n) is 2.87. The van der Waals surface area contributed by atoms with Gasteiger partial charge in [0, 0.05) is 6.08 Å². The van der Waals surface area contributed by atoms with Crippen LogP contribution in [0.15, 0.2) is 12.7 Å². The van der Waals surface area contributed by atoms with Crippen molar-refractivity contribution in [1.29, 1.82) is 0 Å². The molecule has 7 heteroatoms. The molecule has 0 unspecified atom stereocenters. The van der Waals surface area contributed by atoms with Gasteiger partial charge in [-0.1, -0.05) is 13.0 Å². The van der Waals surface area contributed by atoms with Gasteiger partial charge in [0.05, 0.1) is 0 Å². The summed E-state index contributed by atoms with van der Waals surface area (Å²) in [5.41, 5.74) is 10.4. The van der Waals surface area contributed by atoms with Crippen LogP contribution in [0.4, 0.5) is 0 Å². The average Bonchev–Trinajstić information content (AvgIpc) is 2.28. The maximum Gasteiger partial charge on any atom is 0.348 e. The number of hydrogen-bond acceptors (Lipinski definition) is 6. The van der Waals surface area contributed by atoms with Crippen LogP contribution < -0.4 is 17.4 Å². The zero-order valence-electron chi connectivity index (χ0n) is 9.09. The van der Waals surface area contributed by atoms with E-state index < -0.39 is 18.0 Å². The first-order valence-electron chi connectivity index (χ1n) is 4.71. The summed E-state index contributed by atoms with van der Waals surface area (Å²) in [5, 5.41) is 8.33. The predicted molar refractivity (Wildman–Crippen MR) is 59.0 cm³/mol. The molecule has 0 saturated heterocycles. The first-order chi connectivity index (χ1) is 7.49. The highest BCUT2D eigenvalue weighted by atomic mass is 16.7. The lowest BCUT2D eigenvalue weighted by atomic mass is 10.1. The Balaban J connectivity index is 0. The summed E-state index contributed by atoms with van der Waals surface area (Å²) in [5.74, 6) is 2.81. The maximum absolute atomic E-state index is 10.1. The van der Waals surface area contributed by atoms with Crippen LogP contribution in [0.2, 0.25) is 0 Å². The second kappa shape index (κ2) is 11.6. The van der Waals surface area contributed by atoms with Gasteiger partial charge in [0.15, 0.2) is 0 Å². The first-order valence-corrected chi connectivity index (χ1v) is 4.71. The minimum Gasteiger partial charge on any atom is -0.480 e. The van der Waals surface area contributed by atoms with Gasteiger partial charge in [0.2, 0.25) is 0 Å². The maximum atomic E-state index is 10.1. The Hall–Kier alpha value is -1.44. The number of hydrogen-bond donors (Lipinski definition) is 4. The standard InChI is InChI=1S/C6H14N2O2.C3H5NO2/c7-4-2-1-3-5(8)6(9)10;1-2-3(5)6-4/h5H,1-4,7-8H2,(H,9,10);2H,1,4H2/t5-;/m0./s1. The van der Waals surface area contributed by atoms with Crippen molar-refractivity contribution in [2.75, 3.05) is 6.54 Å². The molecule has 94 valence electrons. The molecule has 0 aliphatic carbocycles. The fourth-order valence-corrected chi connectivity index (χ4v) is 0.680. The quantitative estimate of drug-likeness (QED) is 0.265. The van der Waals surface area contributed by atoms with E-state index in [4.69, 9.17) is 16.6 Å². The molecule has 0 amide bonds. The smallest absolute Gasteiger partial charge is 0.348 e. The highest BCUT2D eigenvalue weighted by Gasteiger charge is 2.09. The lowest BCUT2D eigenvalue weighted by Crippen LogP contribution is -2.29. The van der Waals surface area contributed by atoms with Crippen LogP contribution in [0.3, 0.4) is 0 Å². The third kappa shape index (κ3) is 12.6. The number of aliphatic carboxylic acids is 1. The molecule has 0 aromatic heterocycles. The third-order valence-electron chi connectivity index (χ3n) is 1.57. The Morgan fingerprint density at radius 2 is 2.00 bits per heavy atom. The van der Waals surface area contributed by atoms with Crippen molar-refractivity contribution in [2.45, 2.75) is 25.3 Å². The second-order valence-corrected chi connectivity index (χ2v) is 2.87. The van der Waals surface area contributed by atoms with Crippen LogP contribution in [-0.4, -0.2) is 29.6 Å². The van der Waals surface area contributed by atoms with Crippen LogP contribution >= 0.6 is 0 Å². The molecule has 0 rings (SSSR count). The van der Waals surface area contributed by atoms with E-state index >= 15 is 0 Å². The van der Waals surface area contributed by atoms with E-state index in [-0.39, 0.29) is 0 Å². The number of unbranched alkanes of at least 4 members (excludes halogenated alkanes) is 1. The van der Waals surface area contributed by atoms with Crippen molar-refractivity contribution in [3.63, 3.8) is 0 Å². The number of rotatable bonds is 6. The third-order valence-corrected chi connectivity index (χ3v) is 1.57. The van der Waals surface area contributed by atoms with Gasteiger partial charge in [-0.15, -0.1) is 0 Å². The molecule has 0 radical (unpaired) electrons. The van der Waals surface area contributed by atoms with Crippen molar-refractivity contribution in [1.82, 2.24) is 0 Å². The minimum atomic E-state index is -0.933. The Bertz CT molecular complexity index is 221. The summed E-state index contributed by atoms with van der Waals surface area (Å²) < 4.78 is 0. The monoisotopic (exact) mass is 233 g/mol. The van der Waals surface area contributed by atoms with Gasteiger partial charge < -0.3 is 21.4 Å². The minimum absolute atomic E-state index is 0.520. The molecule has 0 aromatic rings. The van der Waals surface area contributed by atoms with E-state index in [1.165, 1.54) is 0 Å². The van der Waals surface area contributed by atoms with E-state index in [2.05, 4.69) is 17.3 Å². The molecule has 7 N–H and O–H groups in total. The molecule has 0 aromatic carbocycles. The van der Waals surface area contributed by atoms with Gasteiger partial charge in [0.1, 0.15) is 6.04 Å². The number of nitrogens with two attached hydrogens (primary N) is 3.